The molecule has 1 saturated heterocycles. The van der Waals surface area contributed by atoms with Crippen LogP contribution in [0.15, 0.2) is 23.3 Å². The molecule has 1 fully saturated rings. The van der Waals surface area contributed by atoms with Gasteiger partial charge >= 0.3 is 0 Å². The highest BCUT2D eigenvalue weighted by Crippen LogP contribution is 2.15. The number of rotatable bonds is 4. The Balaban J connectivity index is 2.08. The standard InChI is InChI=1S/C17H28N6O/c1-5-18-17(23-11-9-22(10-12-23)14(2)24)20-13-15-7-6-8-19-16(15)21(3)4/h6-8H,5,9-13H2,1-4H3,(H,18,20). The summed E-state index contributed by atoms with van der Waals surface area (Å²) in [5.74, 6) is 1.98. The van der Waals surface area contributed by atoms with Crippen LogP contribution in [0.5, 0.6) is 0 Å². The fourth-order valence-electron chi connectivity index (χ4n) is 2.78. The molecule has 0 saturated carbocycles. The number of piperazine rings is 1. The number of guanidine groups is 1. The molecule has 1 aliphatic rings. The van der Waals surface area contributed by atoms with E-state index in [0.717, 1.165) is 50.1 Å². The molecule has 0 unspecified atom stereocenters. The minimum Gasteiger partial charge on any atom is -0.362 e. The van der Waals surface area contributed by atoms with Gasteiger partial charge in [0.05, 0.1) is 6.54 Å². The molecule has 0 spiro atoms. The molecule has 2 rings (SSSR count). The van der Waals surface area contributed by atoms with Crippen LogP contribution in [0.25, 0.3) is 0 Å². The highest BCUT2D eigenvalue weighted by molar-refractivity contribution is 5.80. The molecule has 0 aromatic carbocycles. The van der Waals surface area contributed by atoms with Gasteiger partial charge in [-0.1, -0.05) is 6.07 Å². The summed E-state index contributed by atoms with van der Waals surface area (Å²) in [5.41, 5.74) is 1.10. The van der Waals surface area contributed by atoms with E-state index in [0.29, 0.717) is 6.54 Å². The van der Waals surface area contributed by atoms with Gasteiger partial charge in [0, 0.05) is 65.5 Å². The van der Waals surface area contributed by atoms with Crippen molar-refractivity contribution in [3.05, 3.63) is 23.9 Å². The number of aliphatic imine (C=N–C) groups is 1. The van der Waals surface area contributed by atoms with Crippen molar-refractivity contribution in [2.75, 3.05) is 51.7 Å². The van der Waals surface area contributed by atoms with Crippen molar-refractivity contribution < 1.29 is 4.79 Å². The molecule has 1 aromatic heterocycles. The average Bonchev–Trinajstić information content (AvgIpc) is 2.59. The van der Waals surface area contributed by atoms with Gasteiger partial charge in [0.1, 0.15) is 5.82 Å². The molecule has 132 valence electrons. The molecular weight excluding hydrogens is 304 g/mol. The predicted octanol–water partition coefficient (Wildman–Crippen LogP) is 0.777. The molecule has 7 nitrogen and oxygen atoms in total. The number of aromatic nitrogens is 1. The van der Waals surface area contributed by atoms with E-state index in [1.54, 1.807) is 13.1 Å². The van der Waals surface area contributed by atoms with Crippen LogP contribution in [0.2, 0.25) is 0 Å². The Morgan fingerprint density at radius 2 is 1.96 bits per heavy atom. The summed E-state index contributed by atoms with van der Waals surface area (Å²) in [5, 5.41) is 3.35. The Morgan fingerprint density at radius 1 is 1.29 bits per heavy atom. The summed E-state index contributed by atoms with van der Waals surface area (Å²) in [7, 11) is 3.98. The highest BCUT2D eigenvalue weighted by atomic mass is 16.2. The third-order valence-electron chi connectivity index (χ3n) is 4.05. The van der Waals surface area contributed by atoms with Crippen molar-refractivity contribution in [2.45, 2.75) is 20.4 Å². The lowest BCUT2D eigenvalue weighted by Crippen LogP contribution is -2.53. The Bertz CT molecular complexity index is 578. The zero-order chi connectivity index (χ0) is 17.5. The molecule has 0 atom stereocenters. The number of carbonyl (C=O) groups is 1. The third kappa shape index (κ3) is 4.59. The predicted molar refractivity (Wildman–Crippen MR) is 97.2 cm³/mol. The van der Waals surface area contributed by atoms with Gasteiger partial charge in [-0.3, -0.25) is 4.79 Å². The molecule has 1 amide bonds. The number of nitrogens with one attached hydrogen (secondary N) is 1. The van der Waals surface area contributed by atoms with Crippen LogP contribution in [0.4, 0.5) is 5.82 Å². The van der Waals surface area contributed by atoms with E-state index in [2.05, 4.69) is 28.2 Å². The smallest absolute Gasteiger partial charge is 0.219 e. The Labute approximate surface area is 144 Å². The minimum absolute atomic E-state index is 0.141. The molecule has 0 bridgehead atoms. The molecular formula is C17H28N6O. The second-order valence-corrected chi connectivity index (χ2v) is 6.04. The Morgan fingerprint density at radius 3 is 2.54 bits per heavy atom. The van der Waals surface area contributed by atoms with Crippen molar-refractivity contribution in [1.29, 1.82) is 0 Å². The molecule has 0 radical (unpaired) electrons. The number of nitrogens with zero attached hydrogens (tertiary/aromatic N) is 5. The SMILES string of the molecule is CCNC(=NCc1cccnc1N(C)C)N1CCN(C(C)=O)CC1. The van der Waals surface area contributed by atoms with Gasteiger partial charge in [-0.15, -0.1) is 0 Å². The van der Waals surface area contributed by atoms with Crippen molar-refractivity contribution in [1.82, 2.24) is 20.1 Å². The van der Waals surface area contributed by atoms with Crippen LogP contribution < -0.4 is 10.2 Å². The highest BCUT2D eigenvalue weighted by Gasteiger charge is 2.20. The first-order valence-electron chi connectivity index (χ1n) is 8.43. The monoisotopic (exact) mass is 332 g/mol. The third-order valence-corrected chi connectivity index (χ3v) is 4.05. The number of pyridine rings is 1. The average molecular weight is 332 g/mol. The van der Waals surface area contributed by atoms with Crippen LogP contribution >= 0.6 is 0 Å². The number of anilines is 1. The number of hydrogen-bond donors (Lipinski definition) is 1. The molecule has 0 aliphatic carbocycles. The first-order chi connectivity index (χ1) is 11.5. The van der Waals surface area contributed by atoms with Crippen LogP contribution in [0, 0.1) is 0 Å². The van der Waals surface area contributed by atoms with Crippen LogP contribution in [0.3, 0.4) is 0 Å². The zero-order valence-electron chi connectivity index (χ0n) is 15.1. The van der Waals surface area contributed by atoms with Crippen molar-refractivity contribution in [2.24, 2.45) is 4.99 Å². The lowest BCUT2D eigenvalue weighted by atomic mass is 10.2. The minimum atomic E-state index is 0.141. The van der Waals surface area contributed by atoms with Crippen LogP contribution in [-0.4, -0.2) is 73.5 Å². The van der Waals surface area contributed by atoms with E-state index in [4.69, 9.17) is 4.99 Å². The van der Waals surface area contributed by atoms with Crippen LogP contribution in [0.1, 0.15) is 19.4 Å². The Kier molecular flexibility index (Phi) is 6.40. The van der Waals surface area contributed by atoms with Gasteiger partial charge in [-0.2, -0.15) is 0 Å². The topological polar surface area (TPSA) is 64.1 Å². The van der Waals surface area contributed by atoms with Crippen LogP contribution in [-0.2, 0) is 11.3 Å². The van der Waals surface area contributed by atoms with Gasteiger partial charge in [0.25, 0.3) is 0 Å². The Hall–Kier alpha value is -2.31. The largest absolute Gasteiger partial charge is 0.362 e. The molecule has 1 N–H and O–H groups in total. The van der Waals surface area contributed by atoms with E-state index in [1.807, 2.05) is 30.0 Å². The van der Waals surface area contributed by atoms with E-state index >= 15 is 0 Å². The summed E-state index contributed by atoms with van der Waals surface area (Å²) in [6.45, 7) is 8.19. The van der Waals surface area contributed by atoms with Gasteiger partial charge < -0.3 is 20.0 Å². The fourth-order valence-corrected chi connectivity index (χ4v) is 2.78. The number of amides is 1. The van der Waals surface area contributed by atoms with E-state index in [-0.39, 0.29) is 5.91 Å². The second-order valence-electron chi connectivity index (χ2n) is 6.04. The van der Waals surface area contributed by atoms with Crippen molar-refractivity contribution in [3.63, 3.8) is 0 Å². The van der Waals surface area contributed by atoms with Crippen molar-refractivity contribution in [3.8, 4) is 0 Å². The van der Waals surface area contributed by atoms with E-state index < -0.39 is 0 Å². The molecule has 24 heavy (non-hydrogen) atoms. The quantitative estimate of drug-likeness (QED) is 0.652. The molecule has 2 heterocycles. The van der Waals surface area contributed by atoms with E-state index in [1.165, 1.54) is 0 Å². The maximum atomic E-state index is 11.5. The lowest BCUT2D eigenvalue weighted by molar-refractivity contribution is -0.130. The first-order valence-corrected chi connectivity index (χ1v) is 8.43. The first kappa shape index (κ1) is 18.0. The van der Waals surface area contributed by atoms with Gasteiger partial charge in [-0.25, -0.2) is 9.98 Å². The van der Waals surface area contributed by atoms with E-state index in [9.17, 15) is 4.79 Å². The molecule has 1 aliphatic heterocycles. The fraction of sp³-hybridized carbons (Fsp3) is 0.588. The number of carbonyl (C=O) groups excluding carboxylic acids is 1. The van der Waals surface area contributed by atoms with Crippen molar-refractivity contribution >= 4 is 17.7 Å². The molecule has 1 aromatic rings. The summed E-state index contributed by atoms with van der Waals surface area (Å²) in [6, 6.07) is 4.00. The zero-order valence-corrected chi connectivity index (χ0v) is 15.1. The lowest BCUT2D eigenvalue weighted by Gasteiger charge is -2.36. The normalized spacial score (nSPS) is 15.4. The van der Waals surface area contributed by atoms with Gasteiger partial charge in [0.15, 0.2) is 5.96 Å². The second kappa shape index (κ2) is 8.52. The maximum absolute atomic E-state index is 11.5. The summed E-state index contributed by atoms with van der Waals surface area (Å²) < 4.78 is 0. The molecule has 7 heteroatoms. The summed E-state index contributed by atoms with van der Waals surface area (Å²) >= 11 is 0. The van der Waals surface area contributed by atoms with Gasteiger partial charge in [-0.05, 0) is 13.0 Å². The summed E-state index contributed by atoms with van der Waals surface area (Å²) in [4.78, 5) is 26.8. The summed E-state index contributed by atoms with van der Waals surface area (Å²) in [6.07, 6.45) is 1.80. The maximum Gasteiger partial charge on any atom is 0.219 e. The van der Waals surface area contributed by atoms with Gasteiger partial charge in [0.2, 0.25) is 5.91 Å². The number of hydrogen-bond acceptors (Lipinski definition) is 4.